The van der Waals surface area contributed by atoms with E-state index in [4.69, 9.17) is 16.3 Å². The van der Waals surface area contributed by atoms with Gasteiger partial charge in [0.2, 0.25) is 5.91 Å². The number of benzene rings is 2. The maximum atomic E-state index is 11.8. The summed E-state index contributed by atoms with van der Waals surface area (Å²) in [5.74, 6) is 0.619. The number of amides is 1. The third-order valence-corrected chi connectivity index (χ3v) is 4.22. The monoisotopic (exact) mass is 389 g/mol. The first-order valence-corrected chi connectivity index (χ1v) is 8.68. The Morgan fingerprint density at radius 1 is 1.33 bits per heavy atom. The van der Waals surface area contributed by atoms with Crippen molar-refractivity contribution in [2.24, 2.45) is 5.10 Å². The molecule has 0 atom stereocenters. The second-order valence-electron chi connectivity index (χ2n) is 5.92. The molecule has 2 rings (SSSR count). The van der Waals surface area contributed by atoms with Gasteiger partial charge in [-0.25, -0.2) is 5.43 Å². The number of nitrogens with one attached hydrogen (secondary N) is 1. The van der Waals surface area contributed by atoms with E-state index in [1.54, 1.807) is 13.2 Å². The Kier molecular flexibility index (Phi) is 7.31. The van der Waals surface area contributed by atoms with Gasteiger partial charge in [0.25, 0.3) is 5.69 Å². The number of halogens is 1. The Hall–Kier alpha value is -2.93. The highest BCUT2D eigenvalue weighted by atomic mass is 35.5. The van der Waals surface area contributed by atoms with Crippen molar-refractivity contribution in [2.75, 3.05) is 7.11 Å². The van der Waals surface area contributed by atoms with Crippen molar-refractivity contribution < 1.29 is 14.5 Å². The lowest BCUT2D eigenvalue weighted by molar-refractivity contribution is -0.384. The minimum atomic E-state index is -0.570. The molecule has 2 aromatic rings. The zero-order valence-electron chi connectivity index (χ0n) is 15.1. The van der Waals surface area contributed by atoms with E-state index in [1.807, 2.05) is 25.1 Å². The van der Waals surface area contributed by atoms with Crippen LogP contribution in [0.3, 0.4) is 0 Å². The first kappa shape index (κ1) is 20.4. The van der Waals surface area contributed by atoms with Crippen molar-refractivity contribution in [1.82, 2.24) is 5.43 Å². The summed E-state index contributed by atoms with van der Waals surface area (Å²) in [7, 11) is 1.63. The molecule has 0 aliphatic rings. The molecule has 0 aliphatic carbocycles. The molecule has 0 unspecified atom stereocenters. The highest BCUT2D eigenvalue weighted by molar-refractivity contribution is 6.32. The molecule has 0 spiro atoms. The lowest BCUT2D eigenvalue weighted by Gasteiger charge is -2.07. The highest BCUT2D eigenvalue weighted by Gasteiger charge is 2.11. The third-order valence-electron chi connectivity index (χ3n) is 3.90. The van der Waals surface area contributed by atoms with Gasteiger partial charge in [0.1, 0.15) is 10.8 Å². The highest BCUT2D eigenvalue weighted by Crippen LogP contribution is 2.24. The van der Waals surface area contributed by atoms with Crippen LogP contribution >= 0.6 is 11.6 Å². The molecular formula is C19H20ClN3O4. The number of rotatable bonds is 8. The average Bonchev–Trinajstić information content (AvgIpc) is 2.63. The Morgan fingerprint density at radius 2 is 2.11 bits per heavy atom. The van der Waals surface area contributed by atoms with Gasteiger partial charge in [0.15, 0.2) is 0 Å². The van der Waals surface area contributed by atoms with Gasteiger partial charge in [0.05, 0.1) is 18.2 Å². The SMILES string of the molecule is COc1ccc(CCCC(=O)NN=Cc2ccc(Cl)c([N+](=O)[O-])c2)cc1C. The van der Waals surface area contributed by atoms with Crippen LogP contribution in [0.4, 0.5) is 5.69 Å². The van der Waals surface area contributed by atoms with Gasteiger partial charge in [-0.2, -0.15) is 5.10 Å². The predicted octanol–water partition coefficient (Wildman–Crippen LogP) is 4.04. The minimum absolute atomic E-state index is 0.0509. The van der Waals surface area contributed by atoms with Crippen molar-refractivity contribution in [3.05, 3.63) is 68.2 Å². The normalized spacial score (nSPS) is 10.8. The number of ether oxygens (including phenoxy) is 1. The van der Waals surface area contributed by atoms with Crippen LogP contribution in [-0.4, -0.2) is 24.2 Å². The van der Waals surface area contributed by atoms with Crippen LogP contribution in [0.25, 0.3) is 0 Å². The Morgan fingerprint density at radius 3 is 2.78 bits per heavy atom. The molecule has 8 heteroatoms. The minimum Gasteiger partial charge on any atom is -0.496 e. The number of carbonyl (C=O) groups excluding carboxylic acids is 1. The van der Waals surface area contributed by atoms with Gasteiger partial charge >= 0.3 is 0 Å². The second kappa shape index (κ2) is 9.68. The standard InChI is InChI=1S/C19H20ClN3O4/c1-13-10-14(7-9-18(13)27-2)4-3-5-19(24)22-21-12-15-6-8-16(20)17(11-15)23(25)26/h6-12H,3-5H2,1-2H3,(H,22,24). The number of nitro benzene ring substituents is 1. The number of hydrogen-bond acceptors (Lipinski definition) is 5. The predicted molar refractivity (Wildman–Crippen MR) is 105 cm³/mol. The zero-order valence-corrected chi connectivity index (χ0v) is 15.8. The van der Waals surface area contributed by atoms with E-state index in [1.165, 1.54) is 18.3 Å². The fourth-order valence-electron chi connectivity index (χ4n) is 2.53. The number of nitrogens with zero attached hydrogens (tertiary/aromatic N) is 2. The molecule has 0 saturated carbocycles. The van der Waals surface area contributed by atoms with Crippen LogP contribution in [0.15, 0.2) is 41.5 Å². The van der Waals surface area contributed by atoms with E-state index in [0.717, 1.165) is 23.3 Å². The van der Waals surface area contributed by atoms with Gasteiger partial charge in [0, 0.05) is 18.1 Å². The van der Waals surface area contributed by atoms with Crippen LogP contribution < -0.4 is 10.2 Å². The first-order chi connectivity index (χ1) is 12.9. The molecule has 27 heavy (non-hydrogen) atoms. The second-order valence-corrected chi connectivity index (χ2v) is 6.33. The molecule has 0 fully saturated rings. The van der Waals surface area contributed by atoms with Crippen LogP contribution in [0, 0.1) is 17.0 Å². The quantitative estimate of drug-likeness (QED) is 0.419. The molecular weight excluding hydrogens is 370 g/mol. The van der Waals surface area contributed by atoms with Crippen molar-refractivity contribution >= 4 is 29.4 Å². The molecule has 0 aliphatic heterocycles. The van der Waals surface area contributed by atoms with Crippen molar-refractivity contribution in [1.29, 1.82) is 0 Å². The van der Waals surface area contributed by atoms with Gasteiger partial charge < -0.3 is 4.74 Å². The Balaban J connectivity index is 1.81. The van der Waals surface area contributed by atoms with Gasteiger partial charge in [-0.15, -0.1) is 0 Å². The largest absolute Gasteiger partial charge is 0.496 e. The number of methoxy groups -OCH3 is 1. The van der Waals surface area contributed by atoms with Gasteiger partial charge in [-0.05, 0) is 43.0 Å². The van der Waals surface area contributed by atoms with E-state index in [9.17, 15) is 14.9 Å². The maximum Gasteiger partial charge on any atom is 0.288 e. The zero-order chi connectivity index (χ0) is 19.8. The smallest absolute Gasteiger partial charge is 0.288 e. The summed E-state index contributed by atoms with van der Waals surface area (Å²) in [5, 5.41) is 14.7. The van der Waals surface area contributed by atoms with Crippen LogP contribution in [0.1, 0.15) is 29.5 Å². The molecule has 0 heterocycles. The molecule has 2 aromatic carbocycles. The van der Waals surface area contributed by atoms with Crippen molar-refractivity contribution in [3.8, 4) is 5.75 Å². The Bertz CT molecular complexity index is 868. The fourth-order valence-corrected chi connectivity index (χ4v) is 2.72. The molecule has 0 bridgehead atoms. The summed E-state index contributed by atoms with van der Waals surface area (Å²) in [6.07, 6.45) is 3.11. The molecule has 0 radical (unpaired) electrons. The number of hydrazone groups is 1. The maximum absolute atomic E-state index is 11.8. The first-order valence-electron chi connectivity index (χ1n) is 8.30. The molecule has 0 saturated heterocycles. The third kappa shape index (κ3) is 6.07. The lowest BCUT2D eigenvalue weighted by Crippen LogP contribution is -2.17. The van der Waals surface area contributed by atoms with Crippen molar-refractivity contribution in [3.63, 3.8) is 0 Å². The van der Waals surface area contributed by atoms with E-state index in [2.05, 4.69) is 10.5 Å². The molecule has 0 aromatic heterocycles. The van der Waals surface area contributed by atoms with Gasteiger partial charge in [-0.3, -0.25) is 14.9 Å². The summed E-state index contributed by atoms with van der Waals surface area (Å²) in [4.78, 5) is 22.1. The summed E-state index contributed by atoms with van der Waals surface area (Å²) in [5.41, 5.74) is 4.88. The molecule has 142 valence electrons. The van der Waals surface area contributed by atoms with E-state index in [-0.39, 0.29) is 16.6 Å². The molecule has 1 N–H and O–H groups in total. The molecule has 7 nitrogen and oxygen atoms in total. The lowest BCUT2D eigenvalue weighted by atomic mass is 10.1. The average molecular weight is 390 g/mol. The van der Waals surface area contributed by atoms with Crippen LogP contribution in [-0.2, 0) is 11.2 Å². The van der Waals surface area contributed by atoms with Crippen LogP contribution in [0.2, 0.25) is 5.02 Å². The summed E-state index contributed by atoms with van der Waals surface area (Å²) < 4.78 is 5.23. The van der Waals surface area contributed by atoms with E-state index in [0.29, 0.717) is 18.4 Å². The van der Waals surface area contributed by atoms with E-state index < -0.39 is 4.92 Å². The number of aryl methyl sites for hydroxylation is 2. The fraction of sp³-hybridized carbons (Fsp3) is 0.263. The van der Waals surface area contributed by atoms with E-state index >= 15 is 0 Å². The number of hydrogen-bond donors (Lipinski definition) is 1. The summed E-state index contributed by atoms with van der Waals surface area (Å²) in [6.45, 7) is 1.98. The number of carbonyl (C=O) groups is 1. The number of nitro groups is 1. The van der Waals surface area contributed by atoms with Crippen molar-refractivity contribution in [2.45, 2.75) is 26.2 Å². The summed E-state index contributed by atoms with van der Waals surface area (Å²) in [6, 6.07) is 10.2. The molecule has 1 amide bonds. The van der Waals surface area contributed by atoms with Gasteiger partial charge in [-0.1, -0.05) is 29.8 Å². The summed E-state index contributed by atoms with van der Waals surface area (Å²) >= 11 is 5.75. The van der Waals surface area contributed by atoms with Crippen LogP contribution in [0.5, 0.6) is 5.75 Å². The Labute approximate surface area is 162 Å². The topological polar surface area (TPSA) is 93.8 Å².